The molecule has 5 nitrogen and oxygen atoms in total. The molecule has 0 fully saturated rings. The Kier molecular flexibility index (Phi) is 5.61. The number of ether oxygens (including phenoxy) is 2. The van der Waals surface area contributed by atoms with Gasteiger partial charge in [0.1, 0.15) is 0 Å². The fraction of sp³-hybridized carbons (Fsp3) is 0.240. The summed E-state index contributed by atoms with van der Waals surface area (Å²) in [4.78, 5) is 29.8. The van der Waals surface area contributed by atoms with Crippen molar-refractivity contribution in [2.45, 2.75) is 32.3 Å². The summed E-state index contributed by atoms with van der Waals surface area (Å²) in [5.74, 6) is -1.11. The van der Waals surface area contributed by atoms with Crippen LogP contribution in [0.25, 0.3) is 22.6 Å². The number of rotatable bonds is 4. The largest absolute Gasteiger partial charge is 0.466 e. The number of carbonyl (C=O) groups excluding carboxylic acids is 2. The van der Waals surface area contributed by atoms with Crippen molar-refractivity contribution in [3.8, 4) is 0 Å². The summed E-state index contributed by atoms with van der Waals surface area (Å²) in [6.07, 6.45) is 3.69. The molecule has 0 bridgehead atoms. The van der Waals surface area contributed by atoms with Crippen molar-refractivity contribution in [3.63, 3.8) is 0 Å². The summed E-state index contributed by atoms with van der Waals surface area (Å²) in [5, 5.41) is 0.735. The van der Waals surface area contributed by atoms with E-state index < -0.39 is 18.0 Å². The van der Waals surface area contributed by atoms with Gasteiger partial charge in [0.2, 0.25) is 0 Å². The molecule has 0 aliphatic heterocycles. The summed E-state index contributed by atoms with van der Waals surface area (Å²) >= 11 is 0. The number of nitrogens with zero attached hydrogens (tertiary/aromatic N) is 1. The third-order valence-corrected chi connectivity index (χ3v) is 5.33. The maximum atomic E-state index is 13.1. The summed E-state index contributed by atoms with van der Waals surface area (Å²) in [7, 11) is 1.27. The van der Waals surface area contributed by atoms with Crippen LogP contribution in [0.15, 0.2) is 54.6 Å². The van der Waals surface area contributed by atoms with E-state index in [0.717, 1.165) is 52.6 Å². The third kappa shape index (κ3) is 3.83. The van der Waals surface area contributed by atoms with Crippen LogP contribution < -0.4 is 0 Å². The van der Waals surface area contributed by atoms with Crippen molar-refractivity contribution < 1.29 is 19.1 Å². The molecule has 4 rings (SSSR count). The van der Waals surface area contributed by atoms with E-state index in [-0.39, 0.29) is 0 Å². The van der Waals surface area contributed by atoms with Gasteiger partial charge in [-0.25, -0.2) is 14.6 Å². The second-order valence-corrected chi connectivity index (χ2v) is 7.34. The number of aromatic nitrogens is 1. The number of hydrogen-bond acceptors (Lipinski definition) is 5. The molecule has 1 atom stereocenters. The normalized spacial score (nSPS) is 15.5. The van der Waals surface area contributed by atoms with Crippen LogP contribution in [0.1, 0.15) is 46.9 Å². The molecular formula is C25H23NO4. The molecule has 1 aliphatic rings. The van der Waals surface area contributed by atoms with E-state index in [0.29, 0.717) is 5.56 Å². The second kappa shape index (κ2) is 8.49. The van der Waals surface area contributed by atoms with Crippen molar-refractivity contribution in [2.75, 3.05) is 7.11 Å². The fourth-order valence-corrected chi connectivity index (χ4v) is 3.89. The highest BCUT2D eigenvalue weighted by molar-refractivity contribution is 6.07. The van der Waals surface area contributed by atoms with Crippen molar-refractivity contribution in [3.05, 3.63) is 77.0 Å². The summed E-state index contributed by atoms with van der Waals surface area (Å²) in [6.45, 7) is 1.51. The Hall–Kier alpha value is -3.47. The molecule has 30 heavy (non-hydrogen) atoms. The topological polar surface area (TPSA) is 65.5 Å². The maximum absolute atomic E-state index is 13.1. The molecule has 1 heterocycles. The molecule has 0 saturated heterocycles. The molecule has 0 radical (unpaired) electrons. The number of benzene rings is 2. The van der Waals surface area contributed by atoms with E-state index in [2.05, 4.69) is 18.2 Å². The van der Waals surface area contributed by atoms with Crippen LogP contribution in [0.5, 0.6) is 0 Å². The maximum Gasteiger partial charge on any atom is 0.346 e. The Morgan fingerprint density at radius 1 is 1.03 bits per heavy atom. The lowest BCUT2D eigenvalue weighted by atomic mass is 9.86. The van der Waals surface area contributed by atoms with Gasteiger partial charge in [0.25, 0.3) is 0 Å². The zero-order chi connectivity index (χ0) is 21.1. The Balaban J connectivity index is 1.85. The third-order valence-electron chi connectivity index (χ3n) is 5.33. The highest BCUT2D eigenvalue weighted by Gasteiger charge is 2.28. The molecule has 0 amide bonds. The van der Waals surface area contributed by atoms with Crippen LogP contribution in [0.3, 0.4) is 0 Å². The number of allylic oxidation sites excluding steroid dienone is 1. The summed E-state index contributed by atoms with van der Waals surface area (Å²) < 4.78 is 10.2. The molecule has 0 N–H and O–H groups in total. The van der Waals surface area contributed by atoms with Crippen LogP contribution in [-0.4, -0.2) is 30.1 Å². The minimum atomic E-state index is -0.979. The molecule has 1 aromatic heterocycles. The van der Waals surface area contributed by atoms with Gasteiger partial charge in [-0.2, -0.15) is 0 Å². The lowest BCUT2D eigenvalue weighted by Gasteiger charge is -2.23. The zero-order valence-electron chi connectivity index (χ0n) is 17.1. The average Bonchev–Trinajstić information content (AvgIpc) is 2.77. The van der Waals surface area contributed by atoms with E-state index >= 15 is 0 Å². The molecule has 1 aliphatic carbocycles. The number of para-hydroxylation sites is 1. The first-order chi connectivity index (χ1) is 14.6. The minimum Gasteiger partial charge on any atom is -0.466 e. The smallest absolute Gasteiger partial charge is 0.346 e. The van der Waals surface area contributed by atoms with Crippen molar-refractivity contribution in [1.29, 1.82) is 0 Å². The van der Waals surface area contributed by atoms with E-state index in [1.807, 2.05) is 42.5 Å². The molecule has 0 saturated carbocycles. The molecule has 3 aromatic rings. The van der Waals surface area contributed by atoms with Crippen LogP contribution >= 0.6 is 0 Å². The standard InChI is InChI=1S/C25H23NO4/c1-16(24(27)29-2)30-25(28)22-19-12-6-7-14-21(19)26-23-18(11-8-13-20(22)23)15-17-9-4-3-5-10-17/h3-7,9-10,12,14-16H,8,11,13H2,1-2H3/b18-15+. The van der Waals surface area contributed by atoms with Gasteiger partial charge in [-0.3, -0.25) is 0 Å². The Morgan fingerprint density at radius 2 is 1.77 bits per heavy atom. The minimum absolute atomic E-state index is 0.491. The highest BCUT2D eigenvalue weighted by atomic mass is 16.6. The Labute approximate surface area is 175 Å². The monoisotopic (exact) mass is 401 g/mol. The quantitative estimate of drug-likeness (QED) is 0.586. The predicted molar refractivity (Wildman–Crippen MR) is 116 cm³/mol. The highest BCUT2D eigenvalue weighted by Crippen LogP contribution is 2.36. The predicted octanol–water partition coefficient (Wildman–Crippen LogP) is 4.83. The lowest BCUT2D eigenvalue weighted by Crippen LogP contribution is -2.26. The average molecular weight is 401 g/mol. The van der Waals surface area contributed by atoms with Gasteiger partial charge < -0.3 is 9.47 Å². The van der Waals surface area contributed by atoms with Gasteiger partial charge in [0.15, 0.2) is 6.10 Å². The number of hydrogen-bond donors (Lipinski definition) is 0. The molecule has 152 valence electrons. The second-order valence-electron chi connectivity index (χ2n) is 7.34. The van der Waals surface area contributed by atoms with E-state index in [1.54, 1.807) is 0 Å². The van der Waals surface area contributed by atoms with Gasteiger partial charge in [-0.05, 0) is 55.0 Å². The molecule has 2 aromatic carbocycles. The first kappa shape index (κ1) is 19.8. The number of pyridine rings is 1. The van der Waals surface area contributed by atoms with Crippen molar-refractivity contribution in [1.82, 2.24) is 4.98 Å². The Morgan fingerprint density at radius 3 is 2.53 bits per heavy atom. The van der Waals surface area contributed by atoms with Crippen LogP contribution in [0, 0.1) is 0 Å². The van der Waals surface area contributed by atoms with Crippen molar-refractivity contribution in [2.24, 2.45) is 0 Å². The molecule has 5 heteroatoms. The summed E-state index contributed by atoms with van der Waals surface area (Å²) in [5.41, 5.74) is 5.13. The zero-order valence-corrected chi connectivity index (χ0v) is 17.1. The van der Waals surface area contributed by atoms with Crippen LogP contribution in [0.4, 0.5) is 0 Å². The van der Waals surface area contributed by atoms with E-state index in [1.165, 1.54) is 14.0 Å². The summed E-state index contributed by atoms with van der Waals surface area (Å²) in [6, 6.07) is 17.6. The molecule has 0 spiro atoms. The number of methoxy groups -OCH3 is 1. The van der Waals surface area contributed by atoms with Gasteiger partial charge in [-0.1, -0.05) is 48.5 Å². The van der Waals surface area contributed by atoms with Gasteiger partial charge in [-0.15, -0.1) is 0 Å². The number of fused-ring (bicyclic) bond motifs is 2. The number of carbonyl (C=O) groups is 2. The lowest BCUT2D eigenvalue weighted by molar-refractivity contribution is -0.149. The first-order valence-electron chi connectivity index (χ1n) is 10.0. The van der Waals surface area contributed by atoms with Gasteiger partial charge in [0.05, 0.1) is 23.9 Å². The van der Waals surface area contributed by atoms with Gasteiger partial charge >= 0.3 is 11.9 Å². The van der Waals surface area contributed by atoms with Gasteiger partial charge in [0, 0.05) is 5.39 Å². The van der Waals surface area contributed by atoms with Crippen LogP contribution in [-0.2, 0) is 20.7 Å². The van der Waals surface area contributed by atoms with E-state index in [4.69, 9.17) is 14.5 Å². The Bertz CT molecular complexity index is 1130. The van der Waals surface area contributed by atoms with Crippen molar-refractivity contribution >= 4 is 34.5 Å². The SMILES string of the molecule is COC(=O)C(C)OC(=O)c1c2c(nc3ccccc13)/C(=C/c1ccccc1)CCC2. The number of esters is 2. The van der Waals surface area contributed by atoms with E-state index in [9.17, 15) is 9.59 Å². The molecular weight excluding hydrogens is 378 g/mol. The molecule has 1 unspecified atom stereocenters. The first-order valence-corrected chi connectivity index (χ1v) is 10.0. The fourth-order valence-electron chi connectivity index (χ4n) is 3.89. The van der Waals surface area contributed by atoms with Crippen LogP contribution in [0.2, 0.25) is 0 Å².